The molecule has 8 heteroatoms. The summed E-state index contributed by atoms with van der Waals surface area (Å²) < 4.78 is 13.0. The number of fused-ring (bicyclic) bond motifs is 1. The van der Waals surface area contributed by atoms with E-state index in [1.165, 1.54) is 0 Å². The summed E-state index contributed by atoms with van der Waals surface area (Å²) >= 11 is 1.63. The minimum atomic E-state index is -1.11. The van der Waals surface area contributed by atoms with Crippen molar-refractivity contribution in [1.29, 1.82) is 0 Å². The van der Waals surface area contributed by atoms with Crippen LogP contribution in [0.25, 0.3) is 10.1 Å². The van der Waals surface area contributed by atoms with E-state index >= 15 is 0 Å². The van der Waals surface area contributed by atoms with Gasteiger partial charge in [-0.15, -0.1) is 11.3 Å². The van der Waals surface area contributed by atoms with Crippen molar-refractivity contribution in [3.63, 3.8) is 0 Å². The predicted molar refractivity (Wildman–Crippen MR) is 189 cm³/mol. The molecule has 0 aliphatic carbocycles. The summed E-state index contributed by atoms with van der Waals surface area (Å²) in [5.41, 5.74) is 9.31. The van der Waals surface area contributed by atoms with Gasteiger partial charge in [-0.2, -0.15) is 0 Å². The number of nitrogens with one attached hydrogen (secondary N) is 1. The number of nitrogens with zero attached hydrogens (tertiary/aromatic N) is 1. The van der Waals surface area contributed by atoms with Gasteiger partial charge in [-0.25, -0.2) is 0 Å². The van der Waals surface area contributed by atoms with Gasteiger partial charge in [0.05, 0.1) is 18.5 Å². The molecule has 244 valence electrons. The average molecular weight is 650 g/mol. The van der Waals surface area contributed by atoms with Crippen LogP contribution in [0.15, 0.2) is 121 Å². The molecule has 2 amide bonds. The molecule has 47 heavy (non-hydrogen) atoms. The molecular weight excluding hydrogens is 607 g/mol. The van der Waals surface area contributed by atoms with Gasteiger partial charge in [0.25, 0.3) is 0 Å². The number of carbonyl (C=O) groups excluding carboxylic acids is 2. The molecule has 5 aromatic rings. The zero-order chi connectivity index (χ0) is 33.2. The second kappa shape index (κ2) is 16.0. The smallest absolute Gasteiger partial charge is 0.240 e. The average Bonchev–Trinajstić information content (AvgIpc) is 3.52. The summed E-state index contributed by atoms with van der Waals surface area (Å²) in [6, 6.07) is 36.1. The first kappa shape index (κ1) is 34.0. The Labute approximate surface area is 281 Å². The number of benzene rings is 4. The first-order chi connectivity index (χ1) is 22.9. The number of hydrogen-bond donors (Lipinski definition) is 2. The third-order valence-corrected chi connectivity index (χ3v) is 9.41. The quantitative estimate of drug-likeness (QED) is 0.0957. The van der Waals surface area contributed by atoms with E-state index < -0.39 is 23.9 Å². The van der Waals surface area contributed by atoms with Crippen LogP contribution in [0.5, 0.6) is 0 Å². The number of hydrogen-bond acceptors (Lipinski definition) is 6. The highest BCUT2D eigenvalue weighted by Crippen LogP contribution is 2.37. The fourth-order valence-electron chi connectivity index (χ4n) is 6.10. The van der Waals surface area contributed by atoms with Crippen molar-refractivity contribution in [3.8, 4) is 0 Å². The first-order valence-corrected chi connectivity index (χ1v) is 17.0. The lowest BCUT2D eigenvalue weighted by atomic mass is 9.77. The van der Waals surface area contributed by atoms with Gasteiger partial charge >= 0.3 is 0 Å². The molecule has 0 spiro atoms. The minimum Gasteiger partial charge on any atom is -0.351 e. The van der Waals surface area contributed by atoms with Gasteiger partial charge in [-0.1, -0.05) is 109 Å². The maximum absolute atomic E-state index is 14.3. The molecule has 1 heterocycles. The third kappa shape index (κ3) is 7.63. The largest absolute Gasteiger partial charge is 0.351 e. The summed E-state index contributed by atoms with van der Waals surface area (Å²) in [5, 5.41) is 6.48. The molecule has 4 aromatic carbocycles. The summed E-state index contributed by atoms with van der Waals surface area (Å²) in [7, 11) is 0. The first-order valence-electron chi connectivity index (χ1n) is 16.1. The summed E-state index contributed by atoms with van der Waals surface area (Å²) in [6.45, 7) is 6.84. The van der Waals surface area contributed by atoms with E-state index in [0.29, 0.717) is 19.8 Å². The Balaban J connectivity index is 1.46. The van der Waals surface area contributed by atoms with E-state index in [2.05, 4.69) is 22.8 Å². The highest BCUT2D eigenvalue weighted by atomic mass is 32.1. The van der Waals surface area contributed by atoms with Crippen LogP contribution in [0.3, 0.4) is 0 Å². The minimum absolute atomic E-state index is 0.214. The fourth-order valence-corrected chi connectivity index (χ4v) is 7.06. The van der Waals surface area contributed by atoms with Gasteiger partial charge < -0.3 is 25.4 Å². The Morgan fingerprint density at radius 3 is 1.79 bits per heavy atom. The molecule has 0 saturated carbocycles. The lowest BCUT2D eigenvalue weighted by molar-refractivity contribution is -0.179. The summed E-state index contributed by atoms with van der Waals surface area (Å²) in [5.74, 6) is -0.695. The normalized spacial score (nSPS) is 13.0. The van der Waals surface area contributed by atoms with Crippen LogP contribution in [0.4, 0.5) is 0 Å². The molecular formula is C39H43N3O4S. The molecule has 5 rings (SSSR count). The second-order valence-electron chi connectivity index (χ2n) is 11.4. The fraction of sp³-hybridized carbons (Fsp3) is 0.282. The van der Waals surface area contributed by atoms with Gasteiger partial charge in [0.2, 0.25) is 11.8 Å². The highest BCUT2D eigenvalue weighted by molar-refractivity contribution is 7.17. The molecule has 7 nitrogen and oxygen atoms in total. The summed E-state index contributed by atoms with van der Waals surface area (Å²) in [4.78, 5) is 30.1. The van der Waals surface area contributed by atoms with Gasteiger partial charge in [-0.05, 0) is 59.9 Å². The number of amides is 2. The van der Waals surface area contributed by atoms with E-state index in [4.69, 9.17) is 15.2 Å². The van der Waals surface area contributed by atoms with Crippen molar-refractivity contribution in [1.82, 2.24) is 10.2 Å². The maximum Gasteiger partial charge on any atom is 0.240 e. The Hall–Kier alpha value is -4.34. The van der Waals surface area contributed by atoms with Crippen molar-refractivity contribution in [3.05, 3.63) is 143 Å². The predicted octanol–water partition coefficient (Wildman–Crippen LogP) is 6.84. The van der Waals surface area contributed by atoms with Crippen LogP contribution in [0.2, 0.25) is 0 Å². The molecule has 0 fully saturated rings. The maximum atomic E-state index is 14.3. The zero-order valence-electron chi connectivity index (χ0n) is 27.2. The molecule has 3 N–H and O–H groups in total. The Bertz CT molecular complexity index is 1630. The number of nitrogens with two attached hydrogens (primary N) is 1. The number of carbonyl (C=O) groups is 2. The Morgan fingerprint density at radius 2 is 1.28 bits per heavy atom. The molecule has 2 unspecified atom stereocenters. The van der Waals surface area contributed by atoms with Crippen molar-refractivity contribution >= 4 is 33.2 Å². The van der Waals surface area contributed by atoms with Gasteiger partial charge in [0.15, 0.2) is 6.29 Å². The standard InChI is InChI=1S/C39H43N3O4S/c1-4-45-38(46-5-2)28(3)42(26-29-27-47-35-24-16-15-23-33(29)35)37(44)34(40)25-36(43)41-39(30-17-9-6-10-18-30,31-19-11-7-12-20-31)32-21-13-8-14-22-32/h6-24,27-28,34,38H,4-5,25-26,40H2,1-3H3,(H,41,43). The van der Waals surface area contributed by atoms with Crippen molar-refractivity contribution < 1.29 is 19.1 Å². The summed E-state index contributed by atoms with van der Waals surface area (Å²) in [6.07, 6.45) is -0.865. The van der Waals surface area contributed by atoms with Gasteiger partial charge in [0.1, 0.15) is 5.54 Å². The molecule has 2 atom stereocenters. The van der Waals surface area contributed by atoms with E-state index in [0.717, 1.165) is 32.3 Å². The number of rotatable bonds is 15. The molecule has 0 radical (unpaired) electrons. The van der Waals surface area contributed by atoms with Gasteiger partial charge in [-0.3, -0.25) is 9.59 Å². The van der Waals surface area contributed by atoms with Crippen LogP contribution in [-0.2, 0) is 31.1 Å². The van der Waals surface area contributed by atoms with Crippen molar-refractivity contribution in [2.24, 2.45) is 5.73 Å². The number of ether oxygens (including phenoxy) is 2. The molecule has 0 bridgehead atoms. The SMILES string of the molecule is CCOC(OCC)C(C)N(Cc1csc2ccccc12)C(=O)C(N)CC(=O)NC(c1ccccc1)(c1ccccc1)c1ccccc1. The van der Waals surface area contributed by atoms with Crippen LogP contribution in [-0.4, -0.2) is 48.3 Å². The van der Waals surface area contributed by atoms with Crippen LogP contribution >= 0.6 is 11.3 Å². The highest BCUT2D eigenvalue weighted by Gasteiger charge is 2.39. The Morgan fingerprint density at radius 1 is 0.787 bits per heavy atom. The van der Waals surface area contributed by atoms with Crippen LogP contribution < -0.4 is 11.1 Å². The molecule has 0 saturated heterocycles. The van der Waals surface area contributed by atoms with Crippen molar-refractivity contribution in [2.45, 2.75) is 57.6 Å². The lowest BCUT2D eigenvalue weighted by Gasteiger charge is -2.38. The third-order valence-electron chi connectivity index (χ3n) is 8.40. The van der Waals surface area contributed by atoms with E-state index in [1.807, 2.05) is 124 Å². The van der Waals surface area contributed by atoms with E-state index in [1.54, 1.807) is 16.2 Å². The van der Waals surface area contributed by atoms with E-state index in [-0.39, 0.29) is 18.2 Å². The Kier molecular flexibility index (Phi) is 11.6. The van der Waals surface area contributed by atoms with Crippen LogP contribution in [0.1, 0.15) is 49.4 Å². The molecule has 0 aliphatic rings. The van der Waals surface area contributed by atoms with Crippen molar-refractivity contribution in [2.75, 3.05) is 13.2 Å². The van der Waals surface area contributed by atoms with Gasteiger partial charge in [0, 0.05) is 24.5 Å². The monoisotopic (exact) mass is 649 g/mol. The zero-order valence-corrected chi connectivity index (χ0v) is 28.0. The number of thiophene rings is 1. The molecule has 1 aromatic heterocycles. The lowest BCUT2D eigenvalue weighted by Crippen LogP contribution is -2.54. The topological polar surface area (TPSA) is 93.9 Å². The van der Waals surface area contributed by atoms with Crippen LogP contribution in [0, 0.1) is 0 Å². The molecule has 0 aliphatic heterocycles. The van der Waals surface area contributed by atoms with E-state index in [9.17, 15) is 9.59 Å². The second-order valence-corrected chi connectivity index (χ2v) is 12.4.